The predicted molar refractivity (Wildman–Crippen MR) is 102 cm³/mol. The molecule has 1 saturated carbocycles. The lowest BCUT2D eigenvalue weighted by atomic mass is 10.1. The van der Waals surface area contributed by atoms with Gasteiger partial charge in [-0.15, -0.1) is 0 Å². The number of pyridine rings is 1. The number of aliphatic carboxylic acids is 1. The maximum Gasteiger partial charge on any atom is 0.329 e. The van der Waals surface area contributed by atoms with E-state index in [4.69, 9.17) is 9.40 Å². The van der Waals surface area contributed by atoms with Crippen LogP contribution in [0.15, 0.2) is 22.7 Å². The van der Waals surface area contributed by atoms with Crippen molar-refractivity contribution >= 4 is 22.9 Å². The van der Waals surface area contributed by atoms with E-state index in [1.165, 1.54) is 0 Å². The first-order chi connectivity index (χ1) is 13.2. The highest BCUT2D eigenvalue weighted by Gasteiger charge is 2.51. The third-order valence-corrected chi connectivity index (χ3v) is 5.13. The number of nitrogens with zero attached hydrogens (tertiary/aromatic N) is 3. The Labute approximate surface area is 161 Å². The average Bonchev–Trinajstić information content (AvgIpc) is 3.15. The first kappa shape index (κ1) is 18.2. The van der Waals surface area contributed by atoms with Crippen molar-refractivity contribution in [1.82, 2.24) is 20.1 Å². The second-order valence-corrected chi connectivity index (χ2v) is 7.64. The molecule has 0 aromatic carbocycles. The molecule has 4 rings (SSSR count). The standard InChI is InChI=1S/C20H22N4O4/c1-10(2)24-17-15(9-21-24)14(18(25)23-20(5-6-20)19(26)27)8-16(22-17)13-7-11(3)28-12(13)4/h7-10H,5-6H2,1-4H3,(H,23,25)(H,26,27). The van der Waals surface area contributed by atoms with E-state index in [2.05, 4.69) is 10.4 Å². The molecule has 146 valence electrons. The minimum Gasteiger partial charge on any atom is -0.480 e. The summed E-state index contributed by atoms with van der Waals surface area (Å²) in [4.78, 5) is 29.2. The maximum atomic E-state index is 13.0. The minimum atomic E-state index is -1.16. The lowest BCUT2D eigenvalue weighted by Crippen LogP contribution is -2.43. The zero-order valence-electron chi connectivity index (χ0n) is 16.2. The van der Waals surface area contributed by atoms with Gasteiger partial charge in [0.15, 0.2) is 5.65 Å². The fourth-order valence-electron chi connectivity index (χ4n) is 3.41. The minimum absolute atomic E-state index is 0.0529. The summed E-state index contributed by atoms with van der Waals surface area (Å²) in [5, 5.41) is 17.1. The Hall–Kier alpha value is -3.16. The molecule has 0 atom stereocenters. The van der Waals surface area contributed by atoms with E-state index >= 15 is 0 Å². The summed E-state index contributed by atoms with van der Waals surface area (Å²) in [6.07, 6.45) is 2.47. The van der Waals surface area contributed by atoms with E-state index in [1.807, 2.05) is 33.8 Å². The summed E-state index contributed by atoms with van der Waals surface area (Å²) in [6.45, 7) is 7.66. The molecular formula is C20H22N4O4. The number of carboxylic acid groups (broad SMARTS) is 1. The number of fused-ring (bicyclic) bond motifs is 1. The van der Waals surface area contributed by atoms with Gasteiger partial charge in [-0.3, -0.25) is 4.79 Å². The first-order valence-corrected chi connectivity index (χ1v) is 9.23. The molecule has 0 radical (unpaired) electrons. The second kappa shape index (κ2) is 6.19. The van der Waals surface area contributed by atoms with Gasteiger partial charge in [-0.05, 0) is 52.7 Å². The molecule has 0 bridgehead atoms. The number of aryl methyl sites for hydroxylation is 2. The van der Waals surface area contributed by atoms with Crippen molar-refractivity contribution in [2.24, 2.45) is 0 Å². The molecule has 3 aromatic rings. The molecule has 2 N–H and O–H groups in total. The Bertz CT molecular complexity index is 1110. The van der Waals surface area contributed by atoms with Gasteiger partial charge in [-0.25, -0.2) is 14.5 Å². The van der Waals surface area contributed by atoms with Gasteiger partial charge in [0.2, 0.25) is 0 Å². The highest BCUT2D eigenvalue weighted by atomic mass is 16.4. The van der Waals surface area contributed by atoms with Crippen LogP contribution in [0.1, 0.15) is 54.6 Å². The van der Waals surface area contributed by atoms with Gasteiger partial charge in [0.25, 0.3) is 5.91 Å². The van der Waals surface area contributed by atoms with Gasteiger partial charge >= 0.3 is 5.97 Å². The molecule has 0 saturated heterocycles. The van der Waals surface area contributed by atoms with Gasteiger partial charge in [-0.2, -0.15) is 5.10 Å². The van der Waals surface area contributed by atoms with E-state index in [0.717, 1.165) is 11.3 Å². The van der Waals surface area contributed by atoms with Crippen molar-refractivity contribution in [2.75, 3.05) is 0 Å². The number of hydrogen-bond donors (Lipinski definition) is 2. The number of nitrogens with one attached hydrogen (secondary N) is 1. The maximum absolute atomic E-state index is 13.0. The molecule has 1 fully saturated rings. The molecule has 3 heterocycles. The molecule has 0 unspecified atom stereocenters. The largest absolute Gasteiger partial charge is 0.480 e. The fraction of sp³-hybridized carbons (Fsp3) is 0.400. The van der Waals surface area contributed by atoms with Gasteiger partial charge < -0.3 is 14.8 Å². The Morgan fingerprint density at radius 3 is 2.54 bits per heavy atom. The van der Waals surface area contributed by atoms with Crippen LogP contribution in [0.3, 0.4) is 0 Å². The predicted octanol–water partition coefficient (Wildman–Crippen LogP) is 3.24. The van der Waals surface area contributed by atoms with E-state index in [1.54, 1.807) is 16.9 Å². The highest BCUT2D eigenvalue weighted by molar-refractivity contribution is 6.08. The number of rotatable bonds is 5. The quantitative estimate of drug-likeness (QED) is 0.701. The number of carboxylic acids is 1. The van der Waals surface area contributed by atoms with Gasteiger partial charge in [0.1, 0.15) is 17.1 Å². The summed E-state index contributed by atoms with van der Waals surface area (Å²) in [7, 11) is 0. The Kier molecular flexibility index (Phi) is 4.02. The molecular weight excluding hydrogens is 360 g/mol. The number of hydrogen-bond acceptors (Lipinski definition) is 5. The summed E-state index contributed by atoms with van der Waals surface area (Å²) in [6, 6.07) is 3.61. The topological polar surface area (TPSA) is 110 Å². The van der Waals surface area contributed by atoms with Gasteiger partial charge in [0.05, 0.1) is 22.8 Å². The van der Waals surface area contributed by atoms with Crippen molar-refractivity contribution < 1.29 is 19.1 Å². The van der Waals surface area contributed by atoms with Crippen LogP contribution >= 0.6 is 0 Å². The average molecular weight is 382 g/mol. The lowest BCUT2D eigenvalue weighted by Gasteiger charge is -2.14. The summed E-state index contributed by atoms with van der Waals surface area (Å²) < 4.78 is 7.37. The van der Waals surface area contributed by atoms with Crippen LogP contribution in [-0.2, 0) is 4.79 Å². The van der Waals surface area contributed by atoms with Crippen LogP contribution in [0, 0.1) is 13.8 Å². The van der Waals surface area contributed by atoms with Crippen LogP contribution in [0.2, 0.25) is 0 Å². The van der Waals surface area contributed by atoms with E-state index < -0.39 is 17.4 Å². The SMILES string of the molecule is Cc1cc(-c2cc(C(=O)NC3(C(=O)O)CC3)c3cnn(C(C)C)c3n2)c(C)o1. The number of carbonyl (C=O) groups excluding carboxylic acids is 1. The number of carbonyl (C=O) groups is 2. The highest BCUT2D eigenvalue weighted by Crippen LogP contribution is 2.36. The molecule has 8 nitrogen and oxygen atoms in total. The summed E-state index contributed by atoms with van der Waals surface area (Å²) >= 11 is 0. The number of amides is 1. The Morgan fingerprint density at radius 1 is 1.29 bits per heavy atom. The Morgan fingerprint density at radius 2 is 2.00 bits per heavy atom. The smallest absolute Gasteiger partial charge is 0.329 e. The third kappa shape index (κ3) is 2.85. The number of furan rings is 1. The molecule has 0 aliphatic heterocycles. The molecule has 1 amide bonds. The second-order valence-electron chi connectivity index (χ2n) is 7.64. The van der Waals surface area contributed by atoms with Crippen LogP contribution < -0.4 is 5.32 Å². The Balaban J connectivity index is 1.88. The molecule has 28 heavy (non-hydrogen) atoms. The molecule has 1 aliphatic rings. The monoisotopic (exact) mass is 382 g/mol. The van der Waals surface area contributed by atoms with Crippen LogP contribution in [0.4, 0.5) is 0 Å². The van der Waals surface area contributed by atoms with E-state index in [-0.39, 0.29) is 6.04 Å². The third-order valence-electron chi connectivity index (χ3n) is 5.13. The summed E-state index contributed by atoms with van der Waals surface area (Å²) in [5.41, 5.74) is 1.16. The fourth-order valence-corrected chi connectivity index (χ4v) is 3.41. The summed E-state index contributed by atoms with van der Waals surface area (Å²) in [5.74, 6) is 0.0105. The van der Waals surface area contributed by atoms with Crippen molar-refractivity contribution in [3.63, 3.8) is 0 Å². The van der Waals surface area contributed by atoms with Crippen molar-refractivity contribution in [2.45, 2.75) is 52.1 Å². The van der Waals surface area contributed by atoms with Crippen molar-refractivity contribution in [1.29, 1.82) is 0 Å². The normalized spacial score (nSPS) is 15.2. The van der Waals surface area contributed by atoms with Crippen LogP contribution in [0.25, 0.3) is 22.3 Å². The molecule has 0 spiro atoms. The van der Waals surface area contributed by atoms with E-state index in [0.29, 0.717) is 40.9 Å². The van der Waals surface area contributed by atoms with Gasteiger partial charge in [0, 0.05) is 11.6 Å². The molecule has 1 aliphatic carbocycles. The first-order valence-electron chi connectivity index (χ1n) is 9.23. The molecule has 8 heteroatoms. The zero-order valence-corrected chi connectivity index (χ0v) is 16.2. The molecule has 3 aromatic heterocycles. The van der Waals surface area contributed by atoms with Crippen LogP contribution in [0.5, 0.6) is 0 Å². The number of aromatic nitrogens is 3. The van der Waals surface area contributed by atoms with Gasteiger partial charge in [-0.1, -0.05) is 0 Å². The van der Waals surface area contributed by atoms with Crippen LogP contribution in [-0.4, -0.2) is 37.3 Å². The van der Waals surface area contributed by atoms with Crippen molar-refractivity contribution in [3.8, 4) is 11.3 Å². The zero-order chi connectivity index (χ0) is 20.2. The lowest BCUT2D eigenvalue weighted by molar-refractivity contribution is -0.140. The van der Waals surface area contributed by atoms with Crippen molar-refractivity contribution in [3.05, 3.63) is 35.4 Å². The van der Waals surface area contributed by atoms with E-state index in [9.17, 15) is 14.7 Å².